The predicted octanol–water partition coefficient (Wildman–Crippen LogP) is 5.18. The molecule has 2 aromatic carbocycles. The van der Waals surface area contributed by atoms with E-state index in [1.165, 1.54) is 0 Å². The van der Waals surface area contributed by atoms with Gasteiger partial charge >= 0.3 is 12.5 Å². The highest BCUT2D eigenvalue weighted by Crippen LogP contribution is 2.36. The summed E-state index contributed by atoms with van der Waals surface area (Å²) in [7, 11) is 0. The number of nitrogens with zero attached hydrogens (tertiary/aromatic N) is 7. The lowest BCUT2D eigenvalue weighted by Gasteiger charge is -2.36. The Morgan fingerprint density at radius 1 is 1.05 bits per heavy atom. The summed E-state index contributed by atoms with van der Waals surface area (Å²) >= 11 is 0. The smallest absolute Gasteiger partial charge is 0.410 e. The van der Waals surface area contributed by atoms with Crippen molar-refractivity contribution in [2.75, 3.05) is 18.0 Å². The lowest BCUT2D eigenvalue weighted by atomic mass is 10.1. The van der Waals surface area contributed by atoms with Gasteiger partial charge in [-0.05, 0) is 57.0 Å². The largest absolute Gasteiger partial charge is 0.444 e. The molecule has 2 aromatic heterocycles. The van der Waals surface area contributed by atoms with Crippen molar-refractivity contribution < 1.29 is 22.7 Å². The topological polar surface area (TPSA) is 102 Å². The van der Waals surface area contributed by atoms with Crippen molar-refractivity contribution in [2.45, 2.75) is 57.8 Å². The fraction of sp³-hybridized carbons (Fsp3) is 0.393. The van der Waals surface area contributed by atoms with E-state index in [2.05, 4.69) is 37.5 Å². The first-order valence-corrected chi connectivity index (χ1v) is 13.1. The average Bonchev–Trinajstić information content (AvgIpc) is 3.72. The van der Waals surface area contributed by atoms with Gasteiger partial charge in [0, 0.05) is 35.9 Å². The highest BCUT2D eigenvalue weighted by molar-refractivity contribution is 5.71. The monoisotopic (exact) mass is 549 g/mol. The van der Waals surface area contributed by atoms with Gasteiger partial charge < -0.3 is 19.0 Å². The van der Waals surface area contributed by atoms with Crippen molar-refractivity contribution in [3.63, 3.8) is 0 Å². The van der Waals surface area contributed by atoms with Crippen LogP contribution in [0.25, 0.3) is 22.7 Å². The molecule has 208 valence electrons. The van der Waals surface area contributed by atoms with Crippen molar-refractivity contribution in [2.24, 2.45) is 0 Å². The third-order valence-electron chi connectivity index (χ3n) is 7.05. The van der Waals surface area contributed by atoms with E-state index >= 15 is 0 Å². The summed E-state index contributed by atoms with van der Waals surface area (Å²) in [5.74, 6) is -0.646. The maximum absolute atomic E-state index is 12.7. The zero-order chi connectivity index (χ0) is 28.0. The van der Waals surface area contributed by atoms with Gasteiger partial charge in [-0.3, -0.25) is 0 Å². The van der Waals surface area contributed by atoms with E-state index in [9.17, 15) is 13.6 Å². The van der Waals surface area contributed by atoms with Gasteiger partial charge in [-0.15, -0.1) is 15.3 Å². The molecule has 2 bridgehead atoms. The fourth-order valence-electron chi connectivity index (χ4n) is 5.26. The zero-order valence-electron chi connectivity index (χ0n) is 22.4. The molecule has 2 aliphatic rings. The summed E-state index contributed by atoms with van der Waals surface area (Å²) in [6.07, 6.45) is -0.226. The number of hydrogen-bond acceptors (Lipinski definition) is 8. The second-order valence-corrected chi connectivity index (χ2v) is 11.1. The Hall–Kier alpha value is -4.35. The number of benzene rings is 2. The second-order valence-electron chi connectivity index (χ2n) is 11.1. The van der Waals surface area contributed by atoms with Crippen molar-refractivity contribution >= 4 is 11.8 Å². The minimum absolute atomic E-state index is 0.0496. The van der Waals surface area contributed by atoms with Crippen LogP contribution >= 0.6 is 0 Å². The van der Waals surface area contributed by atoms with Crippen LogP contribution in [0.5, 0.6) is 0 Å². The van der Waals surface area contributed by atoms with Crippen LogP contribution in [0, 0.1) is 0 Å². The third-order valence-corrected chi connectivity index (χ3v) is 7.05. The molecule has 0 aliphatic carbocycles. The molecule has 0 N–H and O–H groups in total. The number of fused-ring (bicyclic) bond motifs is 2. The average molecular weight is 550 g/mol. The molecule has 40 heavy (non-hydrogen) atoms. The molecule has 2 atom stereocenters. The first-order chi connectivity index (χ1) is 19.1. The number of anilines is 1. The highest BCUT2D eigenvalue weighted by atomic mass is 19.3. The van der Waals surface area contributed by atoms with Gasteiger partial charge in [0.15, 0.2) is 0 Å². The van der Waals surface area contributed by atoms with Crippen LogP contribution in [0.15, 0.2) is 59.1 Å². The number of carbonyl (C=O) groups is 1. The van der Waals surface area contributed by atoms with E-state index in [4.69, 9.17) is 9.15 Å². The quantitative estimate of drug-likeness (QED) is 0.324. The molecule has 2 saturated heterocycles. The van der Waals surface area contributed by atoms with Crippen molar-refractivity contribution in [3.8, 4) is 22.7 Å². The lowest BCUT2D eigenvalue weighted by Crippen LogP contribution is -2.50. The first kappa shape index (κ1) is 25.9. The maximum Gasteiger partial charge on any atom is 0.410 e. The molecule has 0 saturated carbocycles. The first-order valence-electron chi connectivity index (χ1n) is 13.1. The predicted molar refractivity (Wildman–Crippen MR) is 142 cm³/mol. The standard InChI is InChI=1S/C28H29F2N7O3/c1-28(2,3)40-27(38)37-15-21-12-22(37)14-36(21)20-6-4-5-19(11-20)23-16-35(34-31-23)13-17-7-9-18(10-8-17)25-32-33-26(39-25)24(29)30/h4-11,16,21-22,24H,12-15H2,1-3H3/t21-,22-/m0/s1. The van der Waals surface area contributed by atoms with Gasteiger partial charge in [0.25, 0.3) is 5.89 Å². The molecular formula is C28H29F2N7O3. The Morgan fingerprint density at radius 2 is 1.85 bits per heavy atom. The van der Waals surface area contributed by atoms with Crippen LogP contribution in [0.3, 0.4) is 0 Å². The lowest BCUT2D eigenvalue weighted by molar-refractivity contribution is 0.0214. The number of aromatic nitrogens is 5. The van der Waals surface area contributed by atoms with E-state index in [0.717, 1.165) is 35.5 Å². The molecule has 12 heteroatoms. The third kappa shape index (κ3) is 5.25. The second kappa shape index (κ2) is 10.00. The van der Waals surface area contributed by atoms with Crippen molar-refractivity contribution in [1.29, 1.82) is 0 Å². The van der Waals surface area contributed by atoms with Gasteiger partial charge in [0.1, 0.15) is 11.3 Å². The number of alkyl halides is 2. The van der Waals surface area contributed by atoms with Gasteiger partial charge in [0.2, 0.25) is 5.89 Å². The summed E-state index contributed by atoms with van der Waals surface area (Å²) in [5.41, 5.74) is 3.80. The van der Waals surface area contributed by atoms with Crippen LogP contribution in [0.1, 0.15) is 45.1 Å². The molecule has 2 fully saturated rings. The Bertz CT molecular complexity index is 1510. The number of rotatable bonds is 6. The zero-order valence-corrected chi connectivity index (χ0v) is 22.4. The van der Waals surface area contributed by atoms with E-state index in [0.29, 0.717) is 18.7 Å². The highest BCUT2D eigenvalue weighted by Gasteiger charge is 2.46. The molecule has 4 aromatic rings. The summed E-state index contributed by atoms with van der Waals surface area (Å²) in [6.45, 7) is 7.55. The number of likely N-dealkylation sites (tertiary alicyclic amines) is 1. The van der Waals surface area contributed by atoms with Gasteiger partial charge in [0.05, 0.1) is 18.8 Å². The molecule has 4 heterocycles. The molecule has 10 nitrogen and oxygen atoms in total. The Morgan fingerprint density at radius 3 is 2.52 bits per heavy atom. The summed E-state index contributed by atoms with van der Waals surface area (Å²) in [6, 6.07) is 15.8. The van der Waals surface area contributed by atoms with E-state index in [1.54, 1.807) is 16.8 Å². The summed E-state index contributed by atoms with van der Waals surface area (Å²) in [5, 5.41) is 15.7. The van der Waals surface area contributed by atoms with Crippen LogP contribution in [-0.4, -0.2) is 67.0 Å². The number of carbonyl (C=O) groups excluding carboxylic acids is 1. The Balaban J connectivity index is 1.10. The Labute approximate surface area is 229 Å². The fourth-order valence-corrected chi connectivity index (χ4v) is 5.26. The van der Waals surface area contributed by atoms with Gasteiger partial charge in [-0.1, -0.05) is 29.5 Å². The molecule has 0 spiro atoms. The molecule has 2 aliphatic heterocycles. The van der Waals surface area contributed by atoms with Crippen LogP contribution in [-0.2, 0) is 11.3 Å². The SMILES string of the molecule is CC(C)(C)OC(=O)N1C[C@@H]2C[C@H]1CN2c1cccc(-c2cn(Cc3ccc(-c4nnc(C(F)F)o4)cc3)nn2)c1. The van der Waals surface area contributed by atoms with Crippen molar-refractivity contribution in [1.82, 2.24) is 30.1 Å². The minimum Gasteiger partial charge on any atom is -0.444 e. The molecular weight excluding hydrogens is 520 g/mol. The number of piperazine rings is 1. The van der Waals surface area contributed by atoms with E-state index in [1.807, 2.05) is 56.1 Å². The van der Waals surface area contributed by atoms with E-state index < -0.39 is 17.9 Å². The molecule has 6 rings (SSSR count). The summed E-state index contributed by atoms with van der Waals surface area (Å²) < 4.78 is 37.8. The van der Waals surface area contributed by atoms with Crippen LogP contribution in [0.4, 0.5) is 19.3 Å². The maximum atomic E-state index is 12.7. The number of ether oxygens (including phenoxy) is 1. The van der Waals surface area contributed by atoms with Crippen LogP contribution in [0.2, 0.25) is 0 Å². The van der Waals surface area contributed by atoms with E-state index in [-0.39, 0.29) is 24.1 Å². The molecule has 0 unspecified atom stereocenters. The summed E-state index contributed by atoms with van der Waals surface area (Å²) in [4.78, 5) is 16.8. The number of amides is 1. The minimum atomic E-state index is -2.80. The van der Waals surface area contributed by atoms with Gasteiger partial charge in [-0.25, -0.2) is 9.48 Å². The molecule has 0 radical (unpaired) electrons. The number of halogens is 2. The van der Waals surface area contributed by atoms with Gasteiger partial charge in [-0.2, -0.15) is 8.78 Å². The Kier molecular flexibility index (Phi) is 6.47. The van der Waals surface area contributed by atoms with Crippen LogP contribution < -0.4 is 4.90 Å². The number of hydrogen-bond donors (Lipinski definition) is 0. The molecule has 1 amide bonds. The normalized spacial score (nSPS) is 18.6. The van der Waals surface area contributed by atoms with Crippen molar-refractivity contribution in [3.05, 3.63) is 66.2 Å².